The first-order valence-corrected chi connectivity index (χ1v) is 6.61. The SMILES string of the molecule is OC(CN1CCc2ccccc21)c1cccc(F)c1F. The van der Waals surface area contributed by atoms with E-state index in [0.717, 1.165) is 24.7 Å². The number of rotatable bonds is 3. The van der Waals surface area contributed by atoms with E-state index in [1.54, 1.807) is 0 Å². The van der Waals surface area contributed by atoms with Crippen molar-refractivity contribution in [1.82, 2.24) is 0 Å². The van der Waals surface area contributed by atoms with Crippen molar-refractivity contribution in [2.45, 2.75) is 12.5 Å². The van der Waals surface area contributed by atoms with Crippen LogP contribution < -0.4 is 4.90 Å². The molecular weight excluding hydrogens is 260 g/mol. The molecule has 4 heteroatoms. The quantitative estimate of drug-likeness (QED) is 0.930. The number of nitrogens with zero attached hydrogens (tertiary/aromatic N) is 1. The zero-order valence-corrected chi connectivity index (χ0v) is 10.9. The number of fused-ring (bicyclic) bond motifs is 1. The Morgan fingerprint density at radius 1 is 1.10 bits per heavy atom. The molecule has 0 saturated heterocycles. The van der Waals surface area contributed by atoms with Crippen molar-refractivity contribution >= 4 is 5.69 Å². The summed E-state index contributed by atoms with van der Waals surface area (Å²) in [5.74, 6) is -1.89. The van der Waals surface area contributed by atoms with Crippen LogP contribution in [0.5, 0.6) is 0 Å². The summed E-state index contributed by atoms with van der Waals surface area (Å²) in [6.07, 6.45) is -0.133. The van der Waals surface area contributed by atoms with Crippen molar-refractivity contribution in [3.63, 3.8) is 0 Å². The van der Waals surface area contributed by atoms with Crippen LogP contribution in [0.25, 0.3) is 0 Å². The molecule has 1 heterocycles. The molecule has 0 aromatic heterocycles. The van der Waals surface area contributed by atoms with Gasteiger partial charge in [-0.15, -0.1) is 0 Å². The Bertz CT molecular complexity index is 630. The Balaban J connectivity index is 1.81. The number of hydrogen-bond acceptors (Lipinski definition) is 2. The van der Waals surface area contributed by atoms with E-state index in [-0.39, 0.29) is 12.1 Å². The van der Waals surface area contributed by atoms with Gasteiger partial charge < -0.3 is 10.0 Å². The zero-order chi connectivity index (χ0) is 14.1. The summed E-state index contributed by atoms with van der Waals surface area (Å²) in [4.78, 5) is 2.00. The van der Waals surface area contributed by atoms with E-state index in [1.165, 1.54) is 17.7 Å². The molecule has 2 aromatic rings. The second kappa shape index (κ2) is 5.21. The lowest BCUT2D eigenvalue weighted by molar-refractivity contribution is 0.178. The molecule has 0 saturated carbocycles. The Morgan fingerprint density at radius 3 is 2.75 bits per heavy atom. The number of β-amino-alcohol motifs (C(OH)–C–C–N with tert-alkyl or cyclic N) is 1. The van der Waals surface area contributed by atoms with Gasteiger partial charge in [0.2, 0.25) is 0 Å². The van der Waals surface area contributed by atoms with Gasteiger partial charge in [-0.1, -0.05) is 30.3 Å². The molecule has 1 N–H and O–H groups in total. The molecule has 104 valence electrons. The van der Waals surface area contributed by atoms with Crippen LogP contribution in [0.3, 0.4) is 0 Å². The highest BCUT2D eigenvalue weighted by Crippen LogP contribution is 2.30. The van der Waals surface area contributed by atoms with Crippen LogP contribution in [0, 0.1) is 11.6 Å². The number of anilines is 1. The van der Waals surface area contributed by atoms with Gasteiger partial charge >= 0.3 is 0 Å². The molecule has 0 radical (unpaired) electrons. The Hall–Kier alpha value is -1.94. The summed E-state index contributed by atoms with van der Waals surface area (Å²) in [5, 5.41) is 10.2. The van der Waals surface area contributed by atoms with E-state index in [2.05, 4.69) is 0 Å². The molecule has 0 spiro atoms. The van der Waals surface area contributed by atoms with Gasteiger partial charge in [0.05, 0.1) is 6.10 Å². The van der Waals surface area contributed by atoms with Gasteiger partial charge in [-0.25, -0.2) is 8.78 Å². The molecule has 2 aromatic carbocycles. The van der Waals surface area contributed by atoms with Gasteiger partial charge in [0.25, 0.3) is 0 Å². The monoisotopic (exact) mass is 275 g/mol. The molecule has 0 amide bonds. The standard InChI is InChI=1S/C16H15F2NO/c17-13-6-3-5-12(16(13)18)15(20)10-19-9-8-11-4-1-2-7-14(11)19/h1-7,15,20H,8-10H2. The number of halogens is 2. The molecular formula is C16H15F2NO. The van der Waals surface area contributed by atoms with Crippen LogP contribution in [0.2, 0.25) is 0 Å². The number of para-hydroxylation sites is 1. The van der Waals surface area contributed by atoms with Crippen molar-refractivity contribution in [2.75, 3.05) is 18.0 Å². The van der Waals surface area contributed by atoms with Crippen LogP contribution >= 0.6 is 0 Å². The molecule has 0 aliphatic carbocycles. The van der Waals surface area contributed by atoms with Crippen LogP contribution in [-0.2, 0) is 6.42 Å². The average molecular weight is 275 g/mol. The highest BCUT2D eigenvalue weighted by atomic mass is 19.2. The van der Waals surface area contributed by atoms with E-state index in [9.17, 15) is 13.9 Å². The highest BCUT2D eigenvalue weighted by Gasteiger charge is 2.23. The van der Waals surface area contributed by atoms with Gasteiger partial charge in [-0.3, -0.25) is 0 Å². The van der Waals surface area contributed by atoms with Crippen LogP contribution in [-0.4, -0.2) is 18.2 Å². The largest absolute Gasteiger partial charge is 0.386 e. The van der Waals surface area contributed by atoms with Crippen LogP contribution in [0.4, 0.5) is 14.5 Å². The van der Waals surface area contributed by atoms with Crippen molar-refractivity contribution in [2.24, 2.45) is 0 Å². The lowest BCUT2D eigenvalue weighted by atomic mass is 10.1. The molecule has 1 unspecified atom stereocenters. The Kier molecular flexibility index (Phi) is 3.40. The maximum atomic E-state index is 13.7. The van der Waals surface area contributed by atoms with Gasteiger partial charge in [-0.2, -0.15) is 0 Å². The van der Waals surface area contributed by atoms with Gasteiger partial charge in [-0.05, 0) is 24.1 Å². The number of aliphatic hydroxyl groups excluding tert-OH is 1. The van der Waals surface area contributed by atoms with E-state index in [4.69, 9.17) is 0 Å². The van der Waals surface area contributed by atoms with Crippen molar-refractivity contribution in [3.8, 4) is 0 Å². The number of benzene rings is 2. The summed E-state index contributed by atoms with van der Waals surface area (Å²) < 4.78 is 26.9. The predicted octanol–water partition coefficient (Wildman–Crippen LogP) is 3.06. The van der Waals surface area contributed by atoms with Gasteiger partial charge in [0, 0.05) is 24.3 Å². The molecule has 3 rings (SSSR count). The fraction of sp³-hybridized carbons (Fsp3) is 0.250. The predicted molar refractivity (Wildman–Crippen MR) is 73.7 cm³/mol. The summed E-state index contributed by atoms with van der Waals surface area (Å²) in [6.45, 7) is 1.05. The average Bonchev–Trinajstić information content (AvgIpc) is 2.85. The van der Waals surface area contributed by atoms with Gasteiger partial charge in [0.1, 0.15) is 0 Å². The van der Waals surface area contributed by atoms with Crippen molar-refractivity contribution in [3.05, 3.63) is 65.2 Å². The first-order chi connectivity index (χ1) is 9.66. The maximum Gasteiger partial charge on any atom is 0.164 e. The van der Waals surface area contributed by atoms with E-state index in [0.29, 0.717) is 0 Å². The van der Waals surface area contributed by atoms with Crippen LogP contribution in [0.15, 0.2) is 42.5 Å². The lowest BCUT2D eigenvalue weighted by Crippen LogP contribution is -2.27. The fourth-order valence-electron chi connectivity index (χ4n) is 2.68. The molecule has 1 aliphatic rings. The second-order valence-electron chi connectivity index (χ2n) is 4.98. The number of aliphatic hydroxyl groups is 1. The molecule has 2 nitrogen and oxygen atoms in total. The first-order valence-electron chi connectivity index (χ1n) is 6.61. The minimum Gasteiger partial charge on any atom is -0.386 e. The van der Waals surface area contributed by atoms with Crippen molar-refractivity contribution in [1.29, 1.82) is 0 Å². The Labute approximate surface area is 116 Å². The highest BCUT2D eigenvalue weighted by molar-refractivity contribution is 5.58. The molecule has 1 aliphatic heterocycles. The fourth-order valence-corrected chi connectivity index (χ4v) is 2.68. The zero-order valence-electron chi connectivity index (χ0n) is 10.9. The summed E-state index contributed by atoms with van der Waals surface area (Å²) in [5.41, 5.74) is 2.29. The second-order valence-corrected chi connectivity index (χ2v) is 4.98. The van der Waals surface area contributed by atoms with E-state index >= 15 is 0 Å². The molecule has 0 bridgehead atoms. The normalized spacial score (nSPS) is 15.2. The summed E-state index contributed by atoms with van der Waals surface area (Å²) in [7, 11) is 0. The maximum absolute atomic E-state index is 13.7. The lowest BCUT2D eigenvalue weighted by Gasteiger charge is -2.23. The van der Waals surface area contributed by atoms with E-state index in [1.807, 2.05) is 29.2 Å². The minimum atomic E-state index is -1.04. The third-order valence-electron chi connectivity index (χ3n) is 3.72. The number of hydrogen-bond donors (Lipinski definition) is 1. The van der Waals surface area contributed by atoms with E-state index < -0.39 is 17.7 Å². The third kappa shape index (κ3) is 2.27. The topological polar surface area (TPSA) is 23.5 Å². The molecule has 0 fully saturated rings. The minimum absolute atomic E-state index is 0.00869. The molecule has 20 heavy (non-hydrogen) atoms. The first kappa shape index (κ1) is 13.1. The van der Waals surface area contributed by atoms with Crippen LogP contribution in [0.1, 0.15) is 17.2 Å². The summed E-state index contributed by atoms with van der Waals surface area (Å²) >= 11 is 0. The molecule has 1 atom stereocenters. The Morgan fingerprint density at radius 2 is 1.90 bits per heavy atom. The smallest absolute Gasteiger partial charge is 0.164 e. The third-order valence-corrected chi connectivity index (χ3v) is 3.72. The summed E-state index contributed by atoms with van der Waals surface area (Å²) in [6, 6.07) is 11.8. The van der Waals surface area contributed by atoms with Crippen molar-refractivity contribution < 1.29 is 13.9 Å². The van der Waals surface area contributed by atoms with Gasteiger partial charge in [0.15, 0.2) is 11.6 Å².